The first-order valence-electron chi connectivity index (χ1n) is 10.1. The number of fused-ring (bicyclic) bond motifs is 1. The molecule has 2 aromatic heterocycles. The highest BCUT2D eigenvalue weighted by molar-refractivity contribution is 6.30. The highest BCUT2D eigenvalue weighted by atomic mass is 35.5. The largest absolute Gasteiger partial charge is 0.456 e. The molecular weight excluding hydrogens is 416 g/mol. The van der Waals surface area contributed by atoms with E-state index in [1.165, 1.54) is 0 Å². The number of hydrogen-bond acceptors (Lipinski definition) is 6. The summed E-state index contributed by atoms with van der Waals surface area (Å²) in [5.74, 6) is 2.01. The van der Waals surface area contributed by atoms with Crippen LogP contribution >= 0.6 is 11.6 Å². The quantitative estimate of drug-likeness (QED) is 0.546. The highest BCUT2D eigenvalue weighted by Gasteiger charge is 2.26. The Morgan fingerprint density at radius 3 is 2.94 bits per heavy atom. The summed E-state index contributed by atoms with van der Waals surface area (Å²) >= 11 is 5.96. The van der Waals surface area contributed by atoms with Gasteiger partial charge in [-0.05, 0) is 44.8 Å². The fourth-order valence-corrected chi connectivity index (χ4v) is 3.61. The fourth-order valence-electron chi connectivity index (χ4n) is 3.48. The Hall–Kier alpha value is -3.10. The van der Waals surface area contributed by atoms with E-state index in [4.69, 9.17) is 16.3 Å². The Morgan fingerprint density at radius 1 is 1.35 bits per heavy atom. The predicted molar refractivity (Wildman–Crippen MR) is 122 cm³/mol. The third kappa shape index (κ3) is 5.15. The SMILES string of the molecule is CN(C)C/C=C/C(=O)N1CC[C@@H](Nc2n[nH]c3nccc(Oc4ccc(Cl)cc4)c23)C1. The summed E-state index contributed by atoms with van der Waals surface area (Å²) in [5.41, 5.74) is 0.631. The number of rotatable bonds is 7. The van der Waals surface area contributed by atoms with Gasteiger partial charge in [0, 0.05) is 49.0 Å². The topological polar surface area (TPSA) is 86.4 Å². The second kappa shape index (κ2) is 9.36. The Labute approximate surface area is 185 Å². The summed E-state index contributed by atoms with van der Waals surface area (Å²) in [6.07, 6.45) is 6.05. The van der Waals surface area contributed by atoms with Gasteiger partial charge >= 0.3 is 0 Å². The lowest BCUT2D eigenvalue weighted by molar-refractivity contribution is -0.125. The number of aromatic nitrogens is 3. The molecule has 1 aromatic carbocycles. The molecule has 3 aromatic rings. The summed E-state index contributed by atoms with van der Waals surface area (Å²) in [5, 5.41) is 12.2. The van der Waals surface area contributed by atoms with E-state index in [1.807, 2.05) is 42.1 Å². The van der Waals surface area contributed by atoms with E-state index in [2.05, 4.69) is 20.5 Å². The molecule has 0 spiro atoms. The molecule has 4 rings (SSSR count). The van der Waals surface area contributed by atoms with Crippen molar-refractivity contribution in [1.82, 2.24) is 25.0 Å². The lowest BCUT2D eigenvalue weighted by atomic mass is 10.2. The van der Waals surface area contributed by atoms with E-state index >= 15 is 0 Å². The van der Waals surface area contributed by atoms with Crippen LogP contribution < -0.4 is 10.1 Å². The molecule has 0 saturated carbocycles. The Kier molecular flexibility index (Phi) is 6.39. The fraction of sp³-hybridized carbons (Fsp3) is 0.318. The van der Waals surface area contributed by atoms with Crippen LogP contribution in [0.4, 0.5) is 5.82 Å². The van der Waals surface area contributed by atoms with E-state index in [1.54, 1.807) is 30.5 Å². The molecule has 2 N–H and O–H groups in total. The van der Waals surface area contributed by atoms with Crippen LogP contribution in [0.15, 0.2) is 48.7 Å². The molecule has 162 valence electrons. The molecule has 0 radical (unpaired) electrons. The molecule has 1 aliphatic rings. The van der Waals surface area contributed by atoms with Crippen LogP contribution in [0.25, 0.3) is 11.0 Å². The molecule has 31 heavy (non-hydrogen) atoms. The van der Waals surface area contributed by atoms with E-state index in [-0.39, 0.29) is 11.9 Å². The Bertz CT molecular complexity index is 1080. The molecule has 1 atom stereocenters. The number of halogens is 1. The second-order valence-corrected chi connectivity index (χ2v) is 8.18. The molecule has 1 amide bonds. The van der Waals surface area contributed by atoms with Gasteiger partial charge in [0.15, 0.2) is 11.5 Å². The summed E-state index contributed by atoms with van der Waals surface area (Å²) < 4.78 is 6.06. The maximum Gasteiger partial charge on any atom is 0.246 e. The number of aromatic amines is 1. The number of nitrogens with one attached hydrogen (secondary N) is 2. The zero-order chi connectivity index (χ0) is 21.8. The minimum Gasteiger partial charge on any atom is -0.456 e. The maximum atomic E-state index is 12.4. The predicted octanol–water partition coefficient (Wildman–Crippen LogP) is 3.53. The summed E-state index contributed by atoms with van der Waals surface area (Å²) in [7, 11) is 3.94. The number of ether oxygens (including phenoxy) is 1. The number of H-pyrrole nitrogens is 1. The van der Waals surface area contributed by atoms with Crippen molar-refractivity contribution in [3.05, 3.63) is 53.7 Å². The molecule has 8 nitrogen and oxygen atoms in total. The van der Waals surface area contributed by atoms with Gasteiger partial charge in [0.25, 0.3) is 0 Å². The van der Waals surface area contributed by atoms with Crippen LogP contribution in [0.5, 0.6) is 11.5 Å². The van der Waals surface area contributed by atoms with E-state index in [0.717, 1.165) is 18.4 Å². The molecule has 1 saturated heterocycles. The zero-order valence-electron chi connectivity index (χ0n) is 17.5. The van der Waals surface area contributed by atoms with Gasteiger partial charge in [-0.15, -0.1) is 0 Å². The number of amides is 1. The van der Waals surface area contributed by atoms with Crippen molar-refractivity contribution in [3.63, 3.8) is 0 Å². The number of likely N-dealkylation sites (N-methyl/N-ethyl adjacent to an activating group) is 1. The van der Waals surface area contributed by atoms with Crippen LogP contribution in [0, 0.1) is 0 Å². The van der Waals surface area contributed by atoms with Gasteiger partial charge in [-0.2, -0.15) is 5.10 Å². The van der Waals surface area contributed by atoms with Crippen LogP contribution in [0.2, 0.25) is 5.02 Å². The van der Waals surface area contributed by atoms with Crippen molar-refractivity contribution in [2.24, 2.45) is 0 Å². The average molecular weight is 441 g/mol. The Balaban J connectivity index is 1.46. The number of anilines is 1. The van der Waals surface area contributed by atoms with Crippen LogP contribution in [-0.2, 0) is 4.79 Å². The third-order valence-electron chi connectivity index (χ3n) is 5.04. The van der Waals surface area contributed by atoms with Crippen LogP contribution in [0.3, 0.4) is 0 Å². The van der Waals surface area contributed by atoms with Crippen molar-refractivity contribution in [1.29, 1.82) is 0 Å². The van der Waals surface area contributed by atoms with E-state index < -0.39 is 0 Å². The number of benzene rings is 1. The van der Waals surface area contributed by atoms with Gasteiger partial charge in [0.1, 0.15) is 16.9 Å². The number of carbonyl (C=O) groups excluding carboxylic acids is 1. The molecule has 1 fully saturated rings. The number of carbonyl (C=O) groups is 1. The third-order valence-corrected chi connectivity index (χ3v) is 5.29. The maximum absolute atomic E-state index is 12.4. The lowest BCUT2D eigenvalue weighted by Gasteiger charge is -2.16. The molecule has 1 aliphatic heterocycles. The highest BCUT2D eigenvalue weighted by Crippen LogP contribution is 2.33. The molecular formula is C22H25ClN6O2. The van der Waals surface area contributed by atoms with Gasteiger partial charge in [-0.25, -0.2) is 4.98 Å². The molecule has 0 bridgehead atoms. The monoisotopic (exact) mass is 440 g/mol. The summed E-state index contributed by atoms with van der Waals surface area (Å²) in [6, 6.07) is 9.08. The second-order valence-electron chi connectivity index (χ2n) is 7.74. The smallest absolute Gasteiger partial charge is 0.246 e. The normalized spacial score (nSPS) is 16.5. The van der Waals surface area contributed by atoms with E-state index in [0.29, 0.717) is 41.1 Å². The molecule has 3 heterocycles. The van der Waals surface area contributed by atoms with E-state index in [9.17, 15) is 4.79 Å². The van der Waals surface area contributed by atoms with Crippen molar-refractivity contribution in [2.75, 3.05) is 39.0 Å². The molecule has 0 aliphatic carbocycles. The Morgan fingerprint density at radius 2 is 2.16 bits per heavy atom. The van der Waals surface area contributed by atoms with Gasteiger partial charge in [-0.3, -0.25) is 9.89 Å². The van der Waals surface area contributed by atoms with Crippen molar-refractivity contribution < 1.29 is 9.53 Å². The summed E-state index contributed by atoms with van der Waals surface area (Å²) in [6.45, 7) is 2.06. The standard InChI is InChI=1S/C22H25ClN6O2/c1-28(2)12-3-4-19(30)29-13-10-16(14-29)25-22-20-18(9-11-24-21(20)26-27-22)31-17-7-5-15(23)6-8-17/h3-9,11,16H,10,12-14H2,1-2H3,(H2,24,25,26,27)/b4-3+/t16-/m1/s1. The van der Waals surface area contributed by atoms with Gasteiger partial charge < -0.3 is 19.9 Å². The molecule has 9 heteroatoms. The summed E-state index contributed by atoms with van der Waals surface area (Å²) in [4.78, 5) is 20.6. The number of nitrogens with zero attached hydrogens (tertiary/aromatic N) is 4. The van der Waals surface area contributed by atoms with Gasteiger partial charge in [0.2, 0.25) is 5.91 Å². The first-order chi connectivity index (χ1) is 15.0. The molecule has 0 unspecified atom stereocenters. The van der Waals surface area contributed by atoms with Gasteiger partial charge in [0.05, 0.1) is 0 Å². The number of hydrogen-bond donors (Lipinski definition) is 2. The van der Waals surface area contributed by atoms with Crippen molar-refractivity contribution in [3.8, 4) is 11.5 Å². The minimum absolute atomic E-state index is 0.0338. The van der Waals surface area contributed by atoms with Crippen LogP contribution in [0.1, 0.15) is 6.42 Å². The first-order valence-corrected chi connectivity index (χ1v) is 10.5. The van der Waals surface area contributed by atoms with Crippen molar-refractivity contribution >= 4 is 34.4 Å². The van der Waals surface area contributed by atoms with Gasteiger partial charge in [-0.1, -0.05) is 17.7 Å². The zero-order valence-corrected chi connectivity index (χ0v) is 18.3. The van der Waals surface area contributed by atoms with Crippen molar-refractivity contribution in [2.45, 2.75) is 12.5 Å². The number of likely N-dealkylation sites (tertiary alicyclic amines) is 1. The lowest BCUT2D eigenvalue weighted by Crippen LogP contribution is -2.30. The van der Waals surface area contributed by atoms with Crippen LogP contribution in [-0.4, -0.2) is 70.7 Å². The number of pyridine rings is 1. The minimum atomic E-state index is 0.0338. The first kappa shape index (κ1) is 21.1. The average Bonchev–Trinajstić information content (AvgIpc) is 3.38.